The van der Waals surface area contributed by atoms with Crippen LogP contribution in [0.1, 0.15) is 20.7 Å². The fourth-order valence-electron chi connectivity index (χ4n) is 1.83. The predicted octanol–water partition coefficient (Wildman–Crippen LogP) is 2.47. The van der Waals surface area contributed by atoms with E-state index in [2.05, 4.69) is 10.9 Å². The molecule has 0 spiro atoms. The van der Waals surface area contributed by atoms with Crippen molar-refractivity contribution in [2.24, 2.45) is 0 Å². The maximum atomic E-state index is 12.1. The Bertz CT molecular complexity index is 913. The van der Waals surface area contributed by atoms with Crippen LogP contribution in [0.25, 0.3) is 0 Å². The zero-order valence-electron chi connectivity index (χ0n) is 12.3. The molecule has 0 aliphatic heterocycles. The molecule has 2 N–H and O–H groups in total. The molecule has 2 aromatic rings. The van der Waals surface area contributed by atoms with E-state index in [-0.39, 0.29) is 26.1 Å². The Labute approximate surface area is 148 Å². The van der Waals surface area contributed by atoms with Gasteiger partial charge in [0.05, 0.1) is 20.5 Å². The zero-order chi connectivity index (χ0) is 17.9. The van der Waals surface area contributed by atoms with Gasteiger partial charge in [0.25, 0.3) is 11.8 Å². The fourth-order valence-corrected chi connectivity index (χ4v) is 3.35. The van der Waals surface area contributed by atoms with Gasteiger partial charge in [0, 0.05) is 11.8 Å². The average molecular weight is 387 g/mol. The minimum Gasteiger partial charge on any atom is -0.267 e. The molecule has 0 saturated carbocycles. The summed E-state index contributed by atoms with van der Waals surface area (Å²) in [5.41, 5.74) is 4.61. The number of sulfone groups is 1. The monoisotopic (exact) mass is 386 g/mol. The zero-order valence-corrected chi connectivity index (χ0v) is 14.7. The molecule has 0 aliphatic carbocycles. The van der Waals surface area contributed by atoms with E-state index < -0.39 is 21.7 Å². The number of carbonyl (C=O) groups excluding carboxylic acids is 2. The number of carbonyl (C=O) groups is 2. The van der Waals surface area contributed by atoms with Gasteiger partial charge in [0.2, 0.25) is 0 Å². The van der Waals surface area contributed by atoms with Crippen molar-refractivity contribution in [2.45, 2.75) is 4.90 Å². The average Bonchev–Trinajstić information content (AvgIpc) is 2.52. The van der Waals surface area contributed by atoms with Gasteiger partial charge >= 0.3 is 0 Å². The van der Waals surface area contributed by atoms with Gasteiger partial charge in [0.1, 0.15) is 0 Å². The van der Waals surface area contributed by atoms with Crippen LogP contribution in [0.5, 0.6) is 0 Å². The number of hydrogen-bond acceptors (Lipinski definition) is 4. The first-order valence-corrected chi connectivity index (χ1v) is 9.19. The minimum atomic E-state index is -3.59. The Hall–Kier alpha value is -2.09. The Kier molecular flexibility index (Phi) is 5.48. The third kappa shape index (κ3) is 4.25. The van der Waals surface area contributed by atoms with E-state index in [0.29, 0.717) is 0 Å². The van der Waals surface area contributed by atoms with E-state index in [0.717, 1.165) is 12.3 Å². The van der Waals surface area contributed by atoms with Crippen molar-refractivity contribution >= 4 is 44.9 Å². The van der Waals surface area contributed by atoms with Crippen LogP contribution >= 0.6 is 23.2 Å². The maximum Gasteiger partial charge on any atom is 0.271 e. The fraction of sp³-hybridized carbons (Fsp3) is 0.0667. The van der Waals surface area contributed by atoms with Crippen LogP contribution in [0.4, 0.5) is 0 Å². The molecule has 0 bridgehead atoms. The summed E-state index contributed by atoms with van der Waals surface area (Å²) in [6.07, 6.45) is 0.981. The summed E-state index contributed by atoms with van der Waals surface area (Å²) in [5, 5.41) is 0.240. The highest BCUT2D eigenvalue weighted by molar-refractivity contribution is 7.90. The Balaban J connectivity index is 2.14. The summed E-state index contributed by atoms with van der Waals surface area (Å²) in [7, 11) is -3.59. The highest BCUT2D eigenvalue weighted by atomic mass is 35.5. The molecule has 9 heteroatoms. The molecule has 0 atom stereocenters. The third-order valence-corrected chi connectivity index (χ3v) is 4.91. The molecule has 2 aromatic carbocycles. The second kappa shape index (κ2) is 7.21. The van der Waals surface area contributed by atoms with E-state index >= 15 is 0 Å². The van der Waals surface area contributed by atoms with E-state index in [1.807, 2.05) is 0 Å². The maximum absolute atomic E-state index is 12.1. The number of benzene rings is 2. The van der Waals surface area contributed by atoms with E-state index in [1.54, 1.807) is 12.1 Å². The van der Waals surface area contributed by atoms with Gasteiger partial charge in [-0.05, 0) is 30.3 Å². The molecule has 6 nitrogen and oxygen atoms in total. The topological polar surface area (TPSA) is 92.3 Å². The van der Waals surface area contributed by atoms with Crippen molar-refractivity contribution in [3.8, 4) is 0 Å². The lowest BCUT2D eigenvalue weighted by atomic mass is 10.2. The molecule has 24 heavy (non-hydrogen) atoms. The largest absolute Gasteiger partial charge is 0.271 e. The van der Waals surface area contributed by atoms with Gasteiger partial charge < -0.3 is 0 Å². The first-order chi connectivity index (χ1) is 11.2. The molecule has 0 saturated heterocycles. The first kappa shape index (κ1) is 18.3. The molecule has 0 heterocycles. The van der Waals surface area contributed by atoms with Gasteiger partial charge in [-0.25, -0.2) is 8.42 Å². The van der Waals surface area contributed by atoms with Crippen molar-refractivity contribution in [2.75, 3.05) is 6.26 Å². The van der Waals surface area contributed by atoms with Crippen LogP contribution in [0.2, 0.25) is 10.0 Å². The van der Waals surface area contributed by atoms with Gasteiger partial charge in [-0.2, -0.15) is 0 Å². The predicted molar refractivity (Wildman–Crippen MR) is 90.9 cm³/mol. The molecular weight excluding hydrogens is 375 g/mol. The second-order valence-corrected chi connectivity index (χ2v) is 7.60. The van der Waals surface area contributed by atoms with E-state index in [9.17, 15) is 18.0 Å². The molecule has 0 fully saturated rings. The summed E-state index contributed by atoms with van der Waals surface area (Å²) < 4.78 is 23.2. The number of amides is 2. The van der Waals surface area contributed by atoms with Crippen molar-refractivity contribution in [3.05, 3.63) is 63.6 Å². The Morgan fingerprint density at radius 3 is 2.17 bits per heavy atom. The number of hydrazine groups is 1. The van der Waals surface area contributed by atoms with Gasteiger partial charge in [0.15, 0.2) is 9.84 Å². The van der Waals surface area contributed by atoms with Crippen LogP contribution in [0.3, 0.4) is 0 Å². The molecule has 126 valence electrons. The first-order valence-electron chi connectivity index (χ1n) is 6.55. The lowest BCUT2D eigenvalue weighted by molar-refractivity contribution is 0.0846. The quantitative estimate of drug-likeness (QED) is 0.792. The second-order valence-electron chi connectivity index (χ2n) is 4.81. The Morgan fingerprint density at radius 1 is 0.917 bits per heavy atom. The lowest BCUT2D eigenvalue weighted by Gasteiger charge is -2.09. The van der Waals surface area contributed by atoms with Crippen LogP contribution in [-0.4, -0.2) is 26.5 Å². The van der Waals surface area contributed by atoms with Crippen molar-refractivity contribution in [1.82, 2.24) is 10.9 Å². The highest BCUT2D eigenvalue weighted by Crippen LogP contribution is 2.22. The molecular formula is C15H12Cl2N2O4S. The van der Waals surface area contributed by atoms with Crippen molar-refractivity contribution in [1.29, 1.82) is 0 Å². The standard InChI is InChI=1S/C15H12Cl2N2O4S/c1-24(22,23)13-8-9(6-7-12(13)17)14(20)18-19-15(21)10-4-2-3-5-11(10)16/h2-8H,1H3,(H,18,20)(H,19,21). The summed E-state index contributed by atoms with van der Waals surface area (Å²) in [4.78, 5) is 23.8. The minimum absolute atomic E-state index is 0.00847. The van der Waals surface area contributed by atoms with Gasteiger partial charge in [-0.1, -0.05) is 35.3 Å². The third-order valence-electron chi connectivity index (χ3n) is 3.00. The van der Waals surface area contributed by atoms with Gasteiger partial charge in [-0.15, -0.1) is 0 Å². The summed E-state index contributed by atoms with van der Waals surface area (Å²) >= 11 is 11.7. The normalized spacial score (nSPS) is 11.0. The SMILES string of the molecule is CS(=O)(=O)c1cc(C(=O)NNC(=O)c2ccccc2Cl)ccc1Cl. The van der Waals surface area contributed by atoms with Crippen LogP contribution in [0, 0.1) is 0 Å². The summed E-state index contributed by atoms with van der Waals surface area (Å²) in [5.74, 6) is -1.30. The summed E-state index contributed by atoms with van der Waals surface area (Å²) in [6, 6.07) is 10.1. The number of halogens is 2. The molecule has 0 radical (unpaired) electrons. The smallest absolute Gasteiger partial charge is 0.267 e. The number of hydrogen-bond donors (Lipinski definition) is 2. The molecule has 0 aromatic heterocycles. The van der Waals surface area contributed by atoms with Crippen molar-refractivity contribution in [3.63, 3.8) is 0 Å². The lowest BCUT2D eigenvalue weighted by Crippen LogP contribution is -2.41. The van der Waals surface area contributed by atoms with Crippen LogP contribution in [0.15, 0.2) is 47.4 Å². The van der Waals surface area contributed by atoms with E-state index in [1.165, 1.54) is 24.3 Å². The van der Waals surface area contributed by atoms with E-state index in [4.69, 9.17) is 23.2 Å². The highest BCUT2D eigenvalue weighted by Gasteiger charge is 2.17. The van der Waals surface area contributed by atoms with Crippen LogP contribution in [-0.2, 0) is 9.84 Å². The van der Waals surface area contributed by atoms with Crippen molar-refractivity contribution < 1.29 is 18.0 Å². The summed E-state index contributed by atoms with van der Waals surface area (Å²) in [6.45, 7) is 0. The van der Waals surface area contributed by atoms with Gasteiger partial charge in [-0.3, -0.25) is 20.4 Å². The number of nitrogens with one attached hydrogen (secondary N) is 2. The molecule has 2 rings (SSSR count). The Morgan fingerprint density at radius 2 is 1.54 bits per heavy atom. The number of rotatable bonds is 3. The van der Waals surface area contributed by atoms with Crippen LogP contribution < -0.4 is 10.9 Å². The molecule has 2 amide bonds. The molecule has 0 aliphatic rings. The molecule has 0 unspecified atom stereocenters.